The van der Waals surface area contributed by atoms with E-state index in [2.05, 4.69) is 4.90 Å². The van der Waals surface area contributed by atoms with Crippen LogP contribution in [0.15, 0.2) is 0 Å². The van der Waals surface area contributed by atoms with Gasteiger partial charge in [-0.3, -0.25) is 4.79 Å². The summed E-state index contributed by atoms with van der Waals surface area (Å²) in [6.07, 6.45) is 0. The quantitative estimate of drug-likeness (QED) is 0.740. The van der Waals surface area contributed by atoms with Crippen molar-refractivity contribution in [2.75, 3.05) is 31.1 Å². The maximum atomic E-state index is 12.4. The first kappa shape index (κ1) is 14.9. The molecule has 110 valence electrons. The van der Waals surface area contributed by atoms with Gasteiger partial charge in [-0.2, -0.15) is 0 Å². The normalized spacial score (nSPS) is 33.5. The number of rotatable bonds is 2. The van der Waals surface area contributed by atoms with Crippen molar-refractivity contribution in [3.8, 4) is 0 Å². The van der Waals surface area contributed by atoms with Gasteiger partial charge in [0.05, 0.1) is 23.0 Å². The van der Waals surface area contributed by atoms with Crippen LogP contribution >= 0.6 is 0 Å². The molecule has 2 aliphatic rings. The van der Waals surface area contributed by atoms with Gasteiger partial charge in [0.15, 0.2) is 15.6 Å². The Morgan fingerprint density at radius 3 is 2.16 bits per heavy atom. The highest BCUT2D eigenvalue weighted by Crippen LogP contribution is 2.39. The highest BCUT2D eigenvalue weighted by molar-refractivity contribution is 7.91. The molecule has 2 heterocycles. The molecule has 0 aromatic carbocycles. The number of ketones is 1. The van der Waals surface area contributed by atoms with E-state index in [-0.39, 0.29) is 23.2 Å². The number of hydrogen-bond donors (Lipinski definition) is 0. The van der Waals surface area contributed by atoms with Crippen molar-refractivity contribution >= 4 is 15.6 Å². The topological polar surface area (TPSA) is 63.7 Å². The lowest BCUT2D eigenvalue weighted by atomic mass is 9.85. The molecule has 0 aromatic heterocycles. The molecule has 1 unspecified atom stereocenters. The molecule has 0 radical (unpaired) electrons. The van der Waals surface area contributed by atoms with E-state index < -0.39 is 21.0 Å². The summed E-state index contributed by atoms with van der Waals surface area (Å²) in [6.45, 7) is 9.10. The number of ether oxygens (including phenoxy) is 1. The monoisotopic (exact) mass is 289 g/mol. The van der Waals surface area contributed by atoms with E-state index in [4.69, 9.17) is 4.74 Å². The zero-order valence-electron chi connectivity index (χ0n) is 12.1. The predicted molar refractivity (Wildman–Crippen MR) is 72.8 cm³/mol. The lowest BCUT2D eigenvalue weighted by Crippen LogP contribution is -2.47. The van der Waals surface area contributed by atoms with Crippen molar-refractivity contribution in [3.05, 3.63) is 0 Å². The van der Waals surface area contributed by atoms with Crippen molar-refractivity contribution in [3.63, 3.8) is 0 Å². The van der Waals surface area contributed by atoms with Gasteiger partial charge in [-0.1, -0.05) is 0 Å². The minimum atomic E-state index is -2.87. The largest absolute Gasteiger partial charge is 0.361 e. The van der Waals surface area contributed by atoms with E-state index in [1.54, 1.807) is 13.8 Å². The van der Waals surface area contributed by atoms with Gasteiger partial charge >= 0.3 is 0 Å². The molecule has 19 heavy (non-hydrogen) atoms. The van der Waals surface area contributed by atoms with Gasteiger partial charge in [0.1, 0.15) is 5.60 Å². The van der Waals surface area contributed by atoms with Gasteiger partial charge in [-0.25, -0.2) is 8.42 Å². The average Bonchev–Trinajstić information content (AvgIpc) is 2.39. The van der Waals surface area contributed by atoms with Crippen LogP contribution in [0.5, 0.6) is 0 Å². The van der Waals surface area contributed by atoms with E-state index in [9.17, 15) is 13.2 Å². The van der Waals surface area contributed by atoms with Crippen LogP contribution in [-0.2, 0) is 19.4 Å². The Labute approximate surface area is 115 Å². The van der Waals surface area contributed by atoms with Crippen LogP contribution in [0.4, 0.5) is 0 Å². The number of hydrogen-bond acceptors (Lipinski definition) is 5. The lowest BCUT2D eigenvalue weighted by Gasteiger charge is -2.32. The first-order valence-electron chi connectivity index (χ1n) is 6.71. The number of nitrogens with zero attached hydrogens (tertiary/aromatic N) is 1. The zero-order valence-corrected chi connectivity index (χ0v) is 12.9. The van der Waals surface area contributed by atoms with E-state index in [1.807, 2.05) is 13.8 Å². The summed E-state index contributed by atoms with van der Waals surface area (Å²) in [5, 5.41) is 0. The Balaban J connectivity index is 2.05. The Hall–Kier alpha value is -0.460. The molecule has 0 aliphatic carbocycles. The van der Waals surface area contributed by atoms with Crippen molar-refractivity contribution < 1.29 is 17.9 Å². The molecule has 0 aromatic rings. The summed E-state index contributed by atoms with van der Waals surface area (Å²) < 4.78 is 28.7. The first-order chi connectivity index (χ1) is 8.54. The Morgan fingerprint density at radius 2 is 1.74 bits per heavy atom. The second-order valence-corrected chi connectivity index (χ2v) is 8.89. The van der Waals surface area contributed by atoms with E-state index in [0.717, 1.165) is 0 Å². The van der Waals surface area contributed by atoms with Crippen LogP contribution in [-0.4, -0.2) is 61.4 Å². The molecule has 2 fully saturated rings. The molecule has 0 spiro atoms. The summed E-state index contributed by atoms with van der Waals surface area (Å²) in [4.78, 5) is 14.4. The molecular weight excluding hydrogens is 266 g/mol. The summed E-state index contributed by atoms with van der Waals surface area (Å²) in [7, 11) is -2.87. The highest BCUT2D eigenvalue weighted by atomic mass is 32.2. The smallest absolute Gasteiger partial charge is 0.171 e. The molecule has 0 saturated carbocycles. The van der Waals surface area contributed by atoms with Crippen LogP contribution in [0.2, 0.25) is 0 Å². The van der Waals surface area contributed by atoms with Crippen molar-refractivity contribution in [2.45, 2.75) is 38.9 Å². The molecule has 6 heteroatoms. The second kappa shape index (κ2) is 4.53. The average molecular weight is 289 g/mol. The summed E-state index contributed by atoms with van der Waals surface area (Å²) in [6, 6.07) is 0. The summed E-state index contributed by atoms with van der Waals surface area (Å²) >= 11 is 0. The van der Waals surface area contributed by atoms with Gasteiger partial charge in [-0.15, -0.1) is 0 Å². The van der Waals surface area contributed by atoms with Gasteiger partial charge in [0.25, 0.3) is 0 Å². The molecule has 0 bridgehead atoms. The number of sulfone groups is 1. The third-order valence-corrected chi connectivity index (χ3v) is 5.75. The fourth-order valence-corrected chi connectivity index (χ4v) is 4.28. The standard InChI is InChI=1S/C13H23NO4S/c1-12(2)10(11(15)13(3,4)18-12)9-14-5-7-19(16,17)8-6-14/h10H,5-9H2,1-4H3. The number of carbonyl (C=O) groups excluding carboxylic acids is 1. The van der Waals surface area contributed by atoms with E-state index >= 15 is 0 Å². The number of carbonyl (C=O) groups is 1. The van der Waals surface area contributed by atoms with Crippen molar-refractivity contribution in [1.29, 1.82) is 0 Å². The Morgan fingerprint density at radius 1 is 1.21 bits per heavy atom. The molecule has 0 amide bonds. The van der Waals surface area contributed by atoms with Crippen molar-refractivity contribution in [2.24, 2.45) is 5.92 Å². The fourth-order valence-electron chi connectivity index (χ4n) is 3.01. The highest BCUT2D eigenvalue weighted by Gasteiger charge is 2.53. The molecule has 2 rings (SSSR count). The van der Waals surface area contributed by atoms with Crippen LogP contribution in [0.1, 0.15) is 27.7 Å². The fraction of sp³-hybridized carbons (Fsp3) is 0.923. The van der Waals surface area contributed by atoms with Gasteiger partial charge in [0, 0.05) is 19.6 Å². The maximum Gasteiger partial charge on any atom is 0.171 e. The zero-order chi connectivity index (χ0) is 14.5. The molecule has 2 aliphatic heterocycles. The van der Waals surface area contributed by atoms with Crippen LogP contribution in [0, 0.1) is 5.92 Å². The number of Topliss-reactive ketones (excluding diaryl/α,β-unsaturated/α-hetero) is 1. The van der Waals surface area contributed by atoms with Gasteiger partial charge < -0.3 is 9.64 Å². The third-order valence-electron chi connectivity index (χ3n) is 4.15. The lowest BCUT2D eigenvalue weighted by molar-refractivity contribution is -0.132. The summed E-state index contributed by atoms with van der Waals surface area (Å²) in [5.41, 5.74) is -1.23. The first-order valence-corrected chi connectivity index (χ1v) is 8.53. The molecule has 2 saturated heterocycles. The van der Waals surface area contributed by atoms with Crippen LogP contribution < -0.4 is 0 Å². The molecule has 0 N–H and O–H groups in total. The minimum absolute atomic E-state index is 0.117. The molecular formula is C13H23NO4S. The van der Waals surface area contributed by atoms with Crippen LogP contribution in [0.3, 0.4) is 0 Å². The second-order valence-electron chi connectivity index (χ2n) is 6.59. The summed E-state index contributed by atoms with van der Waals surface area (Å²) in [5.74, 6) is 0.311. The van der Waals surface area contributed by atoms with Crippen molar-refractivity contribution in [1.82, 2.24) is 4.90 Å². The third kappa shape index (κ3) is 3.01. The van der Waals surface area contributed by atoms with E-state index in [0.29, 0.717) is 19.6 Å². The minimum Gasteiger partial charge on any atom is -0.361 e. The van der Waals surface area contributed by atoms with Gasteiger partial charge in [-0.05, 0) is 27.7 Å². The molecule has 5 nitrogen and oxygen atoms in total. The maximum absolute atomic E-state index is 12.4. The SMILES string of the molecule is CC1(C)OC(C)(C)C(CN2CCS(=O)(=O)CC2)C1=O. The Kier molecular flexibility index (Phi) is 3.56. The molecule has 1 atom stereocenters. The van der Waals surface area contributed by atoms with Gasteiger partial charge in [0.2, 0.25) is 0 Å². The Bertz CT molecular complexity index is 467. The van der Waals surface area contributed by atoms with Crippen LogP contribution in [0.25, 0.3) is 0 Å². The van der Waals surface area contributed by atoms with E-state index in [1.165, 1.54) is 0 Å². The predicted octanol–water partition coefficient (Wildman–Crippen LogP) is 0.490.